The van der Waals surface area contributed by atoms with Crippen molar-refractivity contribution in [1.29, 1.82) is 0 Å². The maximum atomic E-state index is 13.7. The average molecular weight is 396 g/mol. The first kappa shape index (κ1) is 14.0. The van der Waals surface area contributed by atoms with E-state index in [0.717, 1.165) is 16.1 Å². The third-order valence-electron chi connectivity index (χ3n) is 2.47. The van der Waals surface area contributed by atoms with Gasteiger partial charge in [0, 0.05) is 16.1 Å². The van der Waals surface area contributed by atoms with Crippen LogP contribution in [0.1, 0.15) is 16.0 Å². The Kier molecular flexibility index (Phi) is 4.41. The minimum Gasteiger partial charge on any atom is -0.207 e. The quantitative estimate of drug-likeness (QED) is 0.558. The SMILES string of the molecule is Fc1ccc(C(Br)c2ccc(Br)c(Cl)c2)c(F)c1. The molecule has 0 saturated carbocycles. The summed E-state index contributed by atoms with van der Waals surface area (Å²) in [7, 11) is 0. The lowest BCUT2D eigenvalue weighted by atomic mass is 10.0. The van der Waals surface area contributed by atoms with Crippen molar-refractivity contribution in [1.82, 2.24) is 0 Å². The van der Waals surface area contributed by atoms with E-state index < -0.39 is 11.6 Å². The van der Waals surface area contributed by atoms with Gasteiger partial charge in [0.2, 0.25) is 0 Å². The van der Waals surface area contributed by atoms with E-state index in [2.05, 4.69) is 31.9 Å². The topological polar surface area (TPSA) is 0 Å². The lowest BCUT2D eigenvalue weighted by molar-refractivity contribution is 0.574. The molecule has 0 bridgehead atoms. The van der Waals surface area contributed by atoms with Gasteiger partial charge in [0.05, 0.1) is 9.85 Å². The summed E-state index contributed by atoms with van der Waals surface area (Å²) in [6.07, 6.45) is 0. The van der Waals surface area contributed by atoms with Crippen molar-refractivity contribution in [3.63, 3.8) is 0 Å². The zero-order valence-corrected chi connectivity index (χ0v) is 12.9. The second-order valence-corrected chi connectivity index (χ2v) is 5.88. The molecule has 2 aromatic rings. The van der Waals surface area contributed by atoms with Gasteiger partial charge in [-0.05, 0) is 39.7 Å². The molecule has 1 unspecified atom stereocenters. The highest BCUT2D eigenvalue weighted by Gasteiger charge is 2.16. The second-order valence-electron chi connectivity index (χ2n) is 3.70. The zero-order chi connectivity index (χ0) is 13.3. The minimum atomic E-state index is -0.593. The molecule has 0 fully saturated rings. The van der Waals surface area contributed by atoms with Crippen LogP contribution in [0.15, 0.2) is 40.9 Å². The fraction of sp³-hybridized carbons (Fsp3) is 0.0769. The Hall–Kier alpha value is -0.450. The zero-order valence-electron chi connectivity index (χ0n) is 8.93. The fourth-order valence-electron chi connectivity index (χ4n) is 1.56. The first-order valence-electron chi connectivity index (χ1n) is 5.03. The number of halogens is 5. The minimum absolute atomic E-state index is 0.370. The van der Waals surface area contributed by atoms with E-state index >= 15 is 0 Å². The molecule has 1 atom stereocenters. The predicted molar refractivity (Wildman–Crippen MR) is 76.3 cm³/mol. The third kappa shape index (κ3) is 2.92. The van der Waals surface area contributed by atoms with Crippen LogP contribution in [0, 0.1) is 11.6 Å². The highest BCUT2D eigenvalue weighted by Crippen LogP contribution is 2.35. The molecule has 0 aromatic heterocycles. The number of hydrogen-bond donors (Lipinski definition) is 0. The Morgan fingerprint density at radius 2 is 1.78 bits per heavy atom. The molecule has 2 aromatic carbocycles. The van der Waals surface area contributed by atoms with E-state index in [1.165, 1.54) is 12.1 Å². The highest BCUT2D eigenvalue weighted by molar-refractivity contribution is 9.10. The maximum absolute atomic E-state index is 13.7. The summed E-state index contributed by atoms with van der Waals surface area (Å²) in [4.78, 5) is -0.372. The van der Waals surface area contributed by atoms with Crippen LogP contribution in [-0.2, 0) is 0 Å². The van der Waals surface area contributed by atoms with Gasteiger partial charge in [-0.3, -0.25) is 0 Å². The average Bonchev–Trinajstić information content (AvgIpc) is 2.32. The number of alkyl halides is 1. The van der Waals surface area contributed by atoms with E-state index in [9.17, 15) is 8.78 Å². The van der Waals surface area contributed by atoms with Gasteiger partial charge in [-0.2, -0.15) is 0 Å². The molecule has 0 heterocycles. The van der Waals surface area contributed by atoms with Gasteiger partial charge in [0.1, 0.15) is 11.6 Å². The van der Waals surface area contributed by atoms with Crippen molar-refractivity contribution in [2.75, 3.05) is 0 Å². The van der Waals surface area contributed by atoms with Crippen LogP contribution in [0.4, 0.5) is 8.78 Å². The van der Waals surface area contributed by atoms with Crippen LogP contribution in [0.5, 0.6) is 0 Å². The normalized spacial score (nSPS) is 12.5. The van der Waals surface area contributed by atoms with E-state index in [1.807, 2.05) is 6.07 Å². The molecule has 0 radical (unpaired) electrons. The molecule has 0 nitrogen and oxygen atoms in total. The first-order chi connectivity index (χ1) is 8.49. The number of hydrogen-bond acceptors (Lipinski definition) is 0. The van der Waals surface area contributed by atoms with E-state index in [0.29, 0.717) is 10.6 Å². The molecule has 0 aliphatic carbocycles. The van der Waals surface area contributed by atoms with Gasteiger partial charge < -0.3 is 0 Å². The standard InChI is InChI=1S/C13H7Br2ClF2/c14-10-4-1-7(5-11(10)16)13(15)9-3-2-8(17)6-12(9)18/h1-6,13H. The van der Waals surface area contributed by atoms with Crippen molar-refractivity contribution >= 4 is 43.5 Å². The Morgan fingerprint density at radius 3 is 2.39 bits per heavy atom. The lowest BCUT2D eigenvalue weighted by Gasteiger charge is -2.12. The van der Waals surface area contributed by atoms with Crippen LogP contribution in [0.2, 0.25) is 5.02 Å². The van der Waals surface area contributed by atoms with Gasteiger partial charge in [-0.1, -0.05) is 39.7 Å². The monoisotopic (exact) mass is 394 g/mol. The summed E-state index contributed by atoms with van der Waals surface area (Å²) in [5.41, 5.74) is 1.17. The van der Waals surface area contributed by atoms with Crippen molar-refractivity contribution in [3.05, 3.63) is 68.7 Å². The van der Waals surface area contributed by atoms with Crippen LogP contribution >= 0.6 is 43.5 Å². The Morgan fingerprint density at radius 1 is 1.06 bits per heavy atom. The largest absolute Gasteiger partial charge is 0.207 e. The van der Waals surface area contributed by atoms with Crippen LogP contribution in [0.3, 0.4) is 0 Å². The molecule has 0 saturated heterocycles. The van der Waals surface area contributed by atoms with Crippen LogP contribution in [0.25, 0.3) is 0 Å². The Labute approximate surface area is 125 Å². The predicted octanol–water partition coefficient (Wildman–Crippen LogP) is 5.87. The second kappa shape index (κ2) is 5.68. The molecule has 18 heavy (non-hydrogen) atoms. The summed E-state index contributed by atoms with van der Waals surface area (Å²) in [5, 5.41) is 0.541. The highest BCUT2D eigenvalue weighted by atomic mass is 79.9. The van der Waals surface area contributed by atoms with Crippen molar-refractivity contribution < 1.29 is 8.78 Å². The van der Waals surface area contributed by atoms with E-state index in [-0.39, 0.29) is 4.83 Å². The fourth-order valence-corrected chi connectivity index (χ4v) is 2.65. The summed E-state index contributed by atoms with van der Waals surface area (Å²) in [5.74, 6) is -1.18. The summed E-state index contributed by atoms with van der Waals surface area (Å²) < 4.78 is 27.3. The van der Waals surface area contributed by atoms with E-state index in [1.54, 1.807) is 12.1 Å². The Bertz CT molecular complexity index is 587. The van der Waals surface area contributed by atoms with Gasteiger partial charge in [0.15, 0.2) is 0 Å². The van der Waals surface area contributed by atoms with Crippen LogP contribution in [-0.4, -0.2) is 0 Å². The number of benzene rings is 2. The third-order valence-corrected chi connectivity index (χ3v) is 4.73. The molecule has 0 aliphatic heterocycles. The maximum Gasteiger partial charge on any atom is 0.130 e. The molecule has 0 N–H and O–H groups in total. The molecular formula is C13H7Br2ClF2. The van der Waals surface area contributed by atoms with Gasteiger partial charge in [-0.15, -0.1) is 0 Å². The molecule has 0 amide bonds. The summed E-state index contributed by atoms with van der Waals surface area (Å²) in [6.45, 7) is 0. The molecule has 0 spiro atoms. The molecule has 0 aliphatic rings. The molecule has 94 valence electrons. The van der Waals surface area contributed by atoms with Gasteiger partial charge in [-0.25, -0.2) is 8.78 Å². The number of rotatable bonds is 2. The lowest BCUT2D eigenvalue weighted by Crippen LogP contribution is -1.97. The molecular weight excluding hydrogens is 389 g/mol. The summed E-state index contributed by atoms with van der Waals surface area (Å²) in [6, 6.07) is 8.84. The first-order valence-corrected chi connectivity index (χ1v) is 7.11. The molecule has 5 heteroatoms. The van der Waals surface area contributed by atoms with E-state index in [4.69, 9.17) is 11.6 Å². The summed E-state index contributed by atoms with van der Waals surface area (Å²) >= 11 is 12.7. The van der Waals surface area contributed by atoms with Crippen molar-refractivity contribution in [3.8, 4) is 0 Å². The van der Waals surface area contributed by atoms with Gasteiger partial charge in [0.25, 0.3) is 0 Å². The van der Waals surface area contributed by atoms with Crippen molar-refractivity contribution in [2.45, 2.75) is 4.83 Å². The Balaban J connectivity index is 2.41. The van der Waals surface area contributed by atoms with Crippen LogP contribution < -0.4 is 0 Å². The van der Waals surface area contributed by atoms with Crippen molar-refractivity contribution in [2.24, 2.45) is 0 Å². The smallest absolute Gasteiger partial charge is 0.130 e. The molecule has 2 rings (SSSR count). The van der Waals surface area contributed by atoms with Gasteiger partial charge >= 0.3 is 0 Å².